The summed E-state index contributed by atoms with van der Waals surface area (Å²) in [5, 5.41) is 2.65. The Morgan fingerprint density at radius 3 is 2.43 bits per heavy atom. The van der Waals surface area contributed by atoms with Crippen LogP contribution in [0.5, 0.6) is 5.75 Å². The first-order valence-electron chi connectivity index (χ1n) is 12.3. The van der Waals surface area contributed by atoms with Crippen molar-refractivity contribution in [2.24, 2.45) is 5.41 Å². The van der Waals surface area contributed by atoms with Gasteiger partial charge >= 0.3 is 0 Å². The van der Waals surface area contributed by atoms with Crippen LogP contribution in [0, 0.1) is 5.41 Å². The number of nitrogens with one attached hydrogen (secondary N) is 1. The number of para-hydroxylation sites is 1. The van der Waals surface area contributed by atoms with Crippen LogP contribution in [0.4, 0.5) is 0 Å². The molecule has 3 amide bonds. The number of likely N-dealkylation sites (tertiary alicyclic amines) is 2. The fourth-order valence-electron chi connectivity index (χ4n) is 4.75. The number of carbonyl (C=O) groups is 3. The monoisotopic (exact) mass is 479 g/mol. The van der Waals surface area contributed by atoms with Crippen molar-refractivity contribution in [3.63, 3.8) is 0 Å². The Labute approximate surface area is 205 Å². The molecule has 4 rings (SSSR count). The molecule has 0 aliphatic carbocycles. The van der Waals surface area contributed by atoms with Gasteiger partial charge in [-0.2, -0.15) is 0 Å². The van der Waals surface area contributed by atoms with Gasteiger partial charge in [0.25, 0.3) is 0 Å². The molecule has 3 heterocycles. The van der Waals surface area contributed by atoms with Gasteiger partial charge in [0.1, 0.15) is 11.5 Å². The zero-order valence-corrected chi connectivity index (χ0v) is 20.0. The smallest absolute Gasteiger partial charge is 0.244 e. The van der Waals surface area contributed by atoms with E-state index in [1.807, 2.05) is 40.1 Å². The van der Waals surface area contributed by atoms with Crippen LogP contribution in [-0.4, -0.2) is 66.9 Å². The van der Waals surface area contributed by atoms with Crippen molar-refractivity contribution >= 4 is 23.8 Å². The number of hydrogen-bond donors (Lipinski definition) is 1. The largest absolute Gasteiger partial charge is 0.494 e. The summed E-state index contributed by atoms with van der Waals surface area (Å²) in [4.78, 5) is 41.0. The van der Waals surface area contributed by atoms with Crippen LogP contribution in [0.2, 0.25) is 0 Å². The molecule has 186 valence electrons. The average molecular weight is 480 g/mol. The predicted molar refractivity (Wildman–Crippen MR) is 131 cm³/mol. The van der Waals surface area contributed by atoms with Gasteiger partial charge in [-0.3, -0.25) is 14.4 Å². The number of furan rings is 1. The quantitative estimate of drug-likeness (QED) is 0.441. The van der Waals surface area contributed by atoms with Crippen molar-refractivity contribution in [3.8, 4) is 5.75 Å². The van der Waals surface area contributed by atoms with E-state index in [-0.39, 0.29) is 29.7 Å². The van der Waals surface area contributed by atoms with E-state index in [4.69, 9.17) is 9.15 Å². The second kappa shape index (κ2) is 11.7. The first-order valence-corrected chi connectivity index (χ1v) is 12.3. The van der Waals surface area contributed by atoms with Gasteiger partial charge in [-0.15, -0.1) is 0 Å². The topological polar surface area (TPSA) is 92.1 Å². The van der Waals surface area contributed by atoms with Gasteiger partial charge < -0.3 is 24.3 Å². The number of carbonyl (C=O) groups excluding carboxylic acids is 3. The zero-order valence-electron chi connectivity index (χ0n) is 20.0. The molecule has 2 saturated heterocycles. The minimum atomic E-state index is -0.329. The van der Waals surface area contributed by atoms with Crippen LogP contribution in [0.25, 0.3) is 6.08 Å². The van der Waals surface area contributed by atoms with Crippen LogP contribution >= 0.6 is 0 Å². The van der Waals surface area contributed by atoms with Gasteiger partial charge in [-0.1, -0.05) is 18.2 Å². The molecule has 0 atom stereocenters. The molecule has 2 aliphatic rings. The van der Waals surface area contributed by atoms with Gasteiger partial charge in [-0.05, 0) is 61.4 Å². The van der Waals surface area contributed by atoms with E-state index < -0.39 is 0 Å². The maximum absolute atomic E-state index is 12.6. The van der Waals surface area contributed by atoms with Crippen molar-refractivity contribution < 1.29 is 23.5 Å². The molecule has 2 fully saturated rings. The lowest BCUT2D eigenvalue weighted by Gasteiger charge is -2.39. The maximum Gasteiger partial charge on any atom is 0.244 e. The highest BCUT2D eigenvalue weighted by atomic mass is 16.5. The highest BCUT2D eigenvalue weighted by molar-refractivity contribution is 5.94. The minimum absolute atomic E-state index is 0.0208. The van der Waals surface area contributed by atoms with Gasteiger partial charge in [0.05, 0.1) is 19.4 Å². The lowest BCUT2D eigenvalue weighted by Crippen LogP contribution is -2.45. The summed E-state index contributed by atoms with van der Waals surface area (Å²) in [6.45, 7) is 3.36. The third-order valence-electron chi connectivity index (χ3n) is 6.87. The number of piperidine rings is 1. The molecular formula is C27H33N3O5. The van der Waals surface area contributed by atoms with Crippen molar-refractivity contribution in [1.82, 2.24) is 15.1 Å². The molecule has 2 aromatic rings. The zero-order chi connectivity index (χ0) is 24.5. The molecule has 0 radical (unpaired) electrons. The molecular weight excluding hydrogens is 446 g/mol. The lowest BCUT2D eigenvalue weighted by atomic mass is 9.77. The number of ether oxygens (including phenoxy) is 1. The van der Waals surface area contributed by atoms with Crippen LogP contribution in [-0.2, 0) is 14.4 Å². The molecule has 0 unspecified atom stereocenters. The van der Waals surface area contributed by atoms with Gasteiger partial charge in [-0.25, -0.2) is 0 Å². The maximum atomic E-state index is 12.6. The van der Waals surface area contributed by atoms with E-state index in [1.165, 1.54) is 12.3 Å². The summed E-state index contributed by atoms with van der Waals surface area (Å²) in [5.74, 6) is 1.18. The Morgan fingerprint density at radius 2 is 1.71 bits per heavy atom. The van der Waals surface area contributed by atoms with Crippen molar-refractivity contribution in [2.75, 3.05) is 39.3 Å². The van der Waals surface area contributed by atoms with E-state index in [2.05, 4.69) is 5.32 Å². The first-order chi connectivity index (χ1) is 17.0. The second-order valence-corrected chi connectivity index (χ2v) is 9.28. The molecule has 0 bridgehead atoms. The molecule has 0 saturated carbocycles. The third kappa shape index (κ3) is 6.97. The van der Waals surface area contributed by atoms with Crippen LogP contribution in [0.3, 0.4) is 0 Å². The van der Waals surface area contributed by atoms with E-state index in [0.717, 1.165) is 38.1 Å². The third-order valence-corrected chi connectivity index (χ3v) is 6.87. The molecule has 1 N–H and O–H groups in total. The van der Waals surface area contributed by atoms with Gasteiger partial charge in [0, 0.05) is 38.7 Å². The molecule has 1 spiro atoms. The Morgan fingerprint density at radius 1 is 0.971 bits per heavy atom. The standard InChI is InChI=1S/C27H33N3O5/c31-24(11-10-23-8-4-18-35-23)28-20-26(33)30-17-14-27(21-30)12-15-29(16-13-27)25(32)9-5-19-34-22-6-2-1-3-7-22/h1-4,6-8,10-11,18H,5,9,12-17,19-21H2,(H,28,31). The molecule has 8 heteroatoms. The summed E-state index contributed by atoms with van der Waals surface area (Å²) in [5.41, 5.74) is 0.0755. The summed E-state index contributed by atoms with van der Waals surface area (Å²) in [6, 6.07) is 13.1. The normalized spacial score (nSPS) is 17.1. The van der Waals surface area contributed by atoms with Crippen LogP contribution in [0.15, 0.2) is 59.2 Å². The Bertz CT molecular complexity index is 1010. The highest BCUT2D eigenvalue weighted by Crippen LogP contribution is 2.40. The van der Waals surface area contributed by atoms with E-state index in [1.54, 1.807) is 18.2 Å². The van der Waals surface area contributed by atoms with Crippen molar-refractivity contribution in [1.29, 1.82) is 0 Å². The Balaban J connectivity index is 1.13. The number of amides is 3. The SMILES string of the molecule is O=C(C=Cc1ccco1)NCC(=O)N1CCC2(CCN(C(=O)CCCOc3ccccc3)CC2)C1. The number of benzene rings is 1. The Hall–Kier alpha value is -3.55. The molecule has 1 aromatic heterocycles. The van der Waals surface area contributed by atoms with Crippen LogP contribution in [0.1, 0.15) is 37.9 Å². The molecule has 35 heavy (non-hydrogen) atoms. The number of hydrogen-bond acceptors (Lipinski definition) is 5. The molecule has 8 nitrogen and oxygen atoms in total. The Kier molecular flexibility index (Phi) is 8.23. The minimum Gasteiger partial charge on any atom is -0.494 e. The summed E-state index contributed by atoms with van der Waals surface area (Å²) >= 11 is 0. The number of nitrogens with zero attached hydrogens (tertiary/aromatic N) is 2. The summed E-state index contributed by atoms with van der Waals surface area (Å²) in [6.07, 6.45) is 8.39. The van der Waals surface area contributed by atoms with Crippen LogP contribution < -0.4 is 10.1 Å². The van der Waals surface area contributed by atoms with E-state index in [0.29, 0.717) is 38.3 Å². The molecule has 2 aliphatic heterocycles. The van der Waals surface area contributed by atoms with Crippen molar-refractivity contribution in [2.45, 2.75) is 32.1 Å². The highest BCUT2D eigenvalue weighted by Gasteiger charge is 2.42. The fraction of sp³-hybridized carbons (Fsp3) is 0.444. The van der Waals surface area contributed by atoms with E-state index in [9.17, 15) is 14.4 Å². The van der Waals surface area contributed by atoms with Gasteiger partial charge in [0.2, 0.25) is 17.7 Å². The summed E-state index contributed by atoms with van der Waals surface area (Å²) in [7, 11) is 0. The average Bonchev–Trinajstić information content (AvgIpc) is 3.55. The first kappa shape index (κ1) is 24.6. The lowest BCUT2D eigenvalue weighted by molar-refractivity contribution is -0.134. The summed E-state index contributed by atoms with van der Waals surface area (Å²) < 4.78 is 10.8. The second-order valence-electron chi connectivity index (χ2n) is 9.28. The molecule has 1 aromatic carbocycles. The fourth-order valence-corrected chi connectivity index (χ4v) is 4.75. The van der Waals surface area contributed by atoms with E-state index >= 15 is 0 Å². The predicted octanol–water partition coefficient (Wildman–Crippen LogP) is 3.11. The number of rotatable bonds is 9. The van der Waals surface area contributed by atoms with Gasteiger partial charge in [0.15, 0.2) is 0 Å². The van der Waals surface area contributed by atoms with Crippen molar-refractivity contribution in [3.05, 3.63) is 60.6 Å².